The van der Waals surface area contributed by atoms with Gasteiger partial charge in [-0.25, -0.2) is 0 Å². The van der Waals surface area contributed by atoms with E-state index in [1.165, 1.54) is 48.5 Å². The highest BCUT2D eigenvalue weighted by molar-refractivity contribution is 6.31. The molecular weight excluding hydrogens is 464 g/mol. The molecule has 8 nitrogen and oxygen atoms in total. The van der Waals surface area contributed by atoms with Crippen molar-refractivity contribution >= 4 is 23.1 Å². The first-order valence-corrected chi connectivity index (χ1v) is 10.7. The molecule has 2 aliphatic rings. The Kier molecular flexibility index (Phi) is 5.14. The molecular formula is C28H16O8. The van der Waals surface area contributed by atoms with E-state index in [-0.39, 0.29) is 67.5 Å². The highest BCUT2D eigenvalue weighted by atomic mass is 16.3. The summed E-state index contributed by atoms with van der Waals surface area (Å²) >= 11 is 0. The van der Waals surface area contributed by atoms with Gasteiger partial charge in [-0.15, -0.1) is 0 Å². The fourth-order valence-corrected chi connectivity index (χ4v) is 4.38. The predicted molar refractivity (Wildman–Crippen MR) is 126 cm³/mol. The summed E-state index contributed by atoms with van der Waals surface area (Å²) in [5, 5.41) is 38.8. The van der Waals surface area contributed by atoms with Gasteiger partial charge < -0.3 is 20.4 Å². The Hall–Kier alpha value is -5.24. The van der Waals surface area contributed by atoms with Gasteiger partial charge in [0.15, 0.2) is 23.1 Å². The minimum absolute atomic E-state index is 0.126. The third kappa shape index (κ3) is 3.24. The van der Waals surface area contributed by atoms with Crippen molar-refractivity contribution < 1.29 is 39.6 Å². The van der Waals surface area contributed by atoms with Crippen molar-refractivity contribution in [3.63, 3.8) is 0 Å². The van der Waals surface area contributed by atoms with Crippen molar-refractivity contribution in [3.8, 4) is 23.0 Å². The number of ketones is 4. The highest BCUT2D eigenvalue weighted by Gasteiger charge is 2.35. The van der Waals surface area contributed by atoms with Gasteiger partial charge in [0.2, 0.25) is 0 Å². The zero-order valence-electron chi connectivity index (χ0n) is 18.4. The van der Waals surface area contributed by atoms with Crippen molar-refractivity contribution in [2.24, 2.45) is 0 Å². The first kappa shape index (κ1) is 22.5. The van der Waals surface area contributed by atoms with Crippen LogP contribution in [-0.2, 0) is 0 Å². The third-order valence-electron chi connectivity index (χ3n) is 6.06. The Morgan fingerprint density at radius 2 is 0.528 bits per heavy atom. The Bertz CT molecular complexity index is 1400. The molecule has 0 aromatic heterocycles. The molecule has 8 heteroatoms. The highest BCUT2D eigenvalue weighted by Crippen LogP contribution is 2.38. The molecule has 0 unspecified atom stereocenters. The molecule has 176 valence electrons. The topological polar surface area (TPSA) is 149 Å². The molecule has 0 aliphatic heterocycles. The molecule has 0 bridgehead atoms. The molecule has 0 atom stereocenters. The Morgan fingerprint density at radius 3 is 0.722 bits per heavy atom. The van der Waals surface area contributed by atoms with Crippen LogP contribution in [0.5, 0.6) is 23.0 Å². The molecule has 0 fully saturated rings. The maximum Gasteiger partial charge on any atom is 0.198 e. The fraction of sp³-hybridized carbons (Fsp3) is 0. The summed E-state index contributed by atoms with van der Waals surface area (Å²) in [6, 6.07) is 17.5. The van der Waals surface area contributed by atoms with Crippen LogP contribution in [0.25, 0.3) is 0 Å². The van der Waals surface area contributed by atoms with Crippen LogP contribution in [0, 0.1) is 0 Å². The number of phenols is 4. The summed E-state index contributed by atoms with van der Waals surface area (Å²) in [6.07, 6.45) is 0. The molecule has 4 aromatic carbocycles. The second kappa shape index (κ2) is 8.21. The van der Waals surface area contributed by atoms with Gasteiger partial charge in [-0.3, -0.25) is 19.2 Å². The summed E-state index contributed by atoms with van der Waals surface area (Å²) in [6.45, 7) is 0. The van der Waals surface area contributed by atoms with Gasteiger partial charge in [0.05, 0.1) is 22.3 Å². The molecule has 4 N–H and O–H groups in total. The fourth-order valence-electron chi connectivity index (χ4n) is 4.38. The van der Waals surface area contributed by atoms with Crippen LogP contribution in [0.2, 0.25) is 0 Å². The van der Waals surface area contributed by atoms with Crippen LogP contribution >= 0.6 is 0 Å². The van der Waals surface area contributed by atoms with Gasteiger partial charge in [0.25, 0.3) is 0 Å². The van der Waals surface area contributed by atoms with E-state index < -0.39 is 23.1 Å². The second-order valence-electron chi connectivity index (χ2n) is 8.12. The Balaban J connectivity index is 0.000000148. The summed E-state index contributed by atoms with van der Waals surface area (Å²) in [5.74, 6) is -2.98. The molecule has 4 aromatic rings. The van der Waals surface area contributed by atoms with Crippen molar-refractivity contribution in [2.45, 2.75) is 0 Å². The molecule has 36 heavy (non-hydrogen) atoms. The zero-order chi connectivity index (χ0) is 25.7. The second-order valence-corrected chi connectivity index (χ2v) is 8.12. The summed E-state index contributed by atoms with van der Waals surface area (Å²) in [4.78, 5) is 48.8. The molecule has 0 amide bonds. The van der Waals surface area contributed by atoms with Gasteiger partial charge in [-0.1, -0.05) is 48.5 Å². The minimum Gasteiger partial charge on any atom is -0.507 e. The predicted octanol–water partition coefficient (Wildman–Crippen LogP) is 3.75. The molecule has 0 heterocycles. The average Bonchev–Trinajstić information content (AvgIpc) is 2.89. The van der Waals surface area contributed by atoms with E-state index in [0.717, 1.165) is 0 Å². The average molecular weight is 480 g/mol. The van der Waals surface area contributed by atoms with E-state index in [2.05, 4.69) is 0 Å². The van der Waals surface area contributed by atoms with Gasteiger partial charge in [0.1, 0.15) is 23.0 Å². The molecule has 0 saturated heterocycles. The third-order valence-corrected chi connectivity index (χ3v) is 6.06. The molecule has 0 saturated carbocycles. The summed E-state index contributed by atoms with van der Waals surface area (Å²) < 4.78 is 0. The van der Waals surface area contributed by atoms with E-state index in [1.54, 1.807) is 24.3 Å². The largest absolute Gasteiger partial charge is 0.507 e. The van der Waals surface area contributed by atoms with E-state index in [9.17, 15) is 39.6 Å². The maximum absolute atomic E-state index is 12.2. The number of carbonyl (C=O) groups excluding carboxylic acids is 4. The quantitative estimate of drug-likeness (QED) is 0.240. The lowest BCUT2D eigenvalue weighted by Gasteiger charge is -2.18. The van der Waals surface area contributed by atoms with Crippen LogP contribution in [0.4, 0.5) is 0 Å². The number of fused-ring (bicyclic) bond motifs is 4. The normalized spacial score (nSPS) is 13.1. The lowest BCUT2D eigenvalue weighted by molar-refractivity contribution is 0.0974. The number of hydrogen-bond acceptors (Lipinski definition) is 8. The number of aromatic hydroxyl groups is 4. The van der Waals surface area contributed by atoms with Crippen LogP contribution in [0.1, 0.15) is 63.7 Å². The lowest BCUT2D eigenvalue weighted by Crippen LogP contribution is -2.20. The molecule has 0 spiro atoms. The lowest BCUT2D eigenvalue weighted by atomic mass is 9.83. The van der Waals surface area contributed by atoms with Crippen molar-refractivity contribution in [3.05, 3.63) is 117 Å². The summed E-state index contributed by atoms with van der Waals surface area (Å²) in [5.41, 5.74) is 0.480. The minimum atomic E-state index is -0.450. The van der Waals surface area contributed by atoms with Gasteiger partial charge in [0, 0.05) is 22.3 Å². The van der Waals surface area contributed by atoms with E-state index >= 15 is 0 Å². The zero-order valence-corrected chi connectivity index (χ0v) is 18.4. The number of carbonyl (C=O) groups is 4. The summed E-state index contributed by atoms with van der Waals surface area (Å²) in [7, 11) is 0. The van der Waals surface area contributed by atoms with Gasteiger partial charge >= 0.3 is 0 Å². The Labute approximate surface area is 203 Å². The molecule has 2 aliphatic carbocycles. The van der Waals surface area contributed by atoms with E-state index in [0.29, 0.717) is 0 Å². The van der Waals surface area contributed by atoms with Crippen molar-refractivity contribution in [1.82, 2.24) is 0 Å². The monoisotopic (exact) mass is 480 g/mol. The van der Waals surface area contributed by atoms with E-state index in [4.69, 9.17) is 0 Å². The van der Waals surface area contributed by atoms with Crippen molar-refractivity contribution in [2.75, 3.05) is 0 Å². The smallest absolute Gasteiger partial charge is 0.198 e. The van der Waals surface area contributed by atoms with Crippen molar-refractivity contribution in [1.29, 1.82) is 0 Å². The number of rotatable bonds is 0. The number of benzene rings is 4. The van der Waals surface area contributed by atoms with E-state index in [1.807, 2.05) is 0 Å². The number of hydrogen-bond donors (Lipinski definition) is 4. The van der Waals surface area contributed by atoms with Crippen LogP contribution in [0.15, 0.2) is 72.8 Å². The van der Waals surface area contributed by atoms with Gasteiger partial charge in [-0.05, 0) is 24.3 Å². The number of phenolic OH excluding ortho intramolecular Hbond substituents is 4. The molecule has 0 radical (unpaired) electrons. The first-order chi connectivity index (χ1) is 17.2. The van der Waals surface area contributed by atoms with Crippen LogP contribution < -0.4 is 0 Å². The molecule has 6 rings (SSSR count). The maximum atomic E-state index is 12.2. The standard InChI is InChI=1S/2C14H8O4/c2*15-9-5-6-10(16)12-11(9)13(17)7-3-1-2-4-8(7)14(12)18/h2*1-6,15-16H. The first-order valence-electron chi connectivity index (χ1n) is 10.7. The van der Waals surface area contributed by atoms with Crippen LogP contribution in [-0.4, -0.2) is 43.6 Å². The Morgan fingerprint density at radius 1 is 0.333 bits per heavy atom. The van der Waals surface area contributed by atoms with Gasteiger partial charge in [-0.2, -0.15) is 0 Å². The SMILES string of the molecule is O=C1c2ccccc2C(=O)c2c(O)ccc(O)c21.O=C1c2ccccc2C(=O)c2c(O)ccc(O)c21. The van der Waals surface area contributed by atoms with Crippen LogP contribution in [0.3, 0.4) is 0 Å².